The van der Waals surface area contributed by atoms with Crippen molar-refractivity contribution in [2.75, 3.05) is 18.9 Å². The summed E-state index contributed by atoms with van der Waals surface area (Å²) in [5.74, 6) is 1.28. The van der Waals surface area contributed by atoms with E-state index in [1.807, 2.05) is 44.7 Å². The smallest absolute Gasteiger partial charge is 0.358 e. The Bertz CT molecular complexity index is 924. The molecule has 1 fully saturated rings. The van der Waals surface area contributed by atoms with E-state index < -0.39 is 5.97 Å². The molecule has 9 heteroatoms. The summed E-state index contributed by atoms with van der Waals surface area (Å²) in [7, 11) is 0. The number of aromatic nitrogens is 1. The molecule has 168 valence electrons. The zero-order valence-corrected chi connectivity index (χ0v) is 20.5. The minimum absolute atomic E-state index is 0.0513. The predicted molar refractivity (Wildman–Crippen MR) is 125 cm³/mol. The first-order chi connectivity index (χ1) is 14.7. The molecule has 1 amide bonds. The monoisotopic (exact) mass is 482 g/mol. The molecule has 31 heavy (non-hydrogen) atoms. The van der Waals surface area contributed by atoms with Crippen molar-refractivity contribution < 1.29 is 19.1 Å². The van der Waals surface area contributed by atoms with Gasteiger partial charge in [-0.25, -0.2) is 9.78 Å². The minimum Gasteiger partial charge on any atom is -0.491 e. The number of carbonyl (C=O) groups excluding carboxylic acids is 2. The van der Waals surface area contributed by atoms with Gasteiger partial charge in [0.2, 0.25) is 5.91 Å². The normalized spacial score (nSPS) is 16.3. The second-order valence-electron chi connectivity index (χ2n) is 7.76. The maximum absolute atomic E-state index is 12.4. The molecule has 0 radical (unpaired) electrons. The van der Waals surface area contributed by atoms with E-state index in [-0.39, 0.29) is 18.1 Å². The molecule has 0 bridgehead atoms. The van der Waals surface area contributed by atoms with Crippen LogP contribution in [0.3, 0.4) is 0 Å². The van der Waals surface area contributed by atoms with Crippen molar-refractivity contribution in [1.82, 2.24) is 9.88 Å². The van der Waals surface area contributed by atoms with Crippen LogP contribution in [0.1, 0.15) is 48.3 Å². The molecule has 1 atom stereocenters. The molecule has 6 nitrogen and oxygen atoms in total. The van der Waals surface area contributed by atoms with Gasteiger partial charge in [0.25, 0.3) is 0 Å². The van der Waals surface area contributed by atoms with Gasteiger partial charge in [-0.2, -0.15) is 0 Å². The van der Waals surface area contributed by atoms with Crippen molar-refractivity contribution in [1.29, 1.82) is 0 Å². The first-order valence-electron chi connectivity index (χ1n) is 10.2. The molecule has 1 aromatic heterocycles. The first kappa shape index (κ1) is 23.9. The lowest BCUT2D eigenvalue weighted by molar-refractivity contribution is -0.129. The van der Waals surface area contributed by atoms with Gasteiger partial charge < -0.3 is 14.4 Å². The van der Waals surface area contributed by atoms with Gasteiger partial charge in [-0.15, -0.1) is 11.3 Å². The summed E-state index contributed by atoms with van der Waals surface area (Å²) in [5, 5.41) is 2.40. The second kappa shape index (κ2) is 10.7. The fourth-order valence-corrected chi connectivity index (χ4v) is 5.63. The lowest BCUT2D eigenvalue weighted by Gasteiger charge is -2.25. The molecular weight excluding hydrogens is 456 g/mol. The summed E-state index contributed by atoms with van der Waals surface area (Å²) < 4.78 is 12.1. The summed E-state index contributed by atoms with van der Waals surface area (Å²) >= 11 is 9.05. The highest BCUT2D eigenvalue weighted by Gasteiger charge is 2.31. The van der Waals surface area contributed by atoms with Crippen LogP contribution < -0.4 is 4.74 Å². The fraction of sp³-hybridized carbons (Fsp3) is 0.500. The Balaban J connectivity index is 1.52. The molecule has 1 saturated heterocycles. The Labute approximate surface area is 196 Å². The van der Waals surface area contributed by atoms with E-state index in [0.29, 0.717) is 36.0 Å². The number of aryl methyl sites for hydroxylation is 2. The quantitative estimate of drug-likeness (QED) is 0.364. The van der Waals surface area contributed by atoms with Gasteiger partial charge in [0.15, 0.2) is 10.0 Å². The number of benzene rings is 1. The number of ether oxygens (including phenoxy) is 2. The molecule has 1 aliphatic heterocycles. The van der Waals surface area contributed by atoms with Crippen LogP contribution in [0.25, 0.3) is 0 Å². The second-order valence-corrected chi connectivity index (χ2v) is 10.4. The SMILES string of the molecule is Cc1cc(Cl)cc(C)c1OC[C@H]1CCC(=O)N1CCSc1nc(C(=O)OC(C)C)cs1. The number of rotatable bonds is 9. The maximum atomic E-state index is 12.4. The van der Waals surface area contributed by atoms with Crippen molar-refractivity contribution in [3.8, 4) is 5.75 Å². The van der Waals surface area contributed by atoms with Crippen molar-refractivity contribution in [3.63, 3.8) is 0 Å². The van der Waals surface area contributed by atoms with E-state index in [2.05, 4.69) is 4.98 Å². The largest absolute Gasteiger partial charge is 0.491 e. The van der Waals surface area contributed by atoms with Gasteiger partial charge in [-0.05, 0) is 57.4 Å². The van der Waals surface area contributed by atoms with Crippen LogP contribution in [0.2, 0.25) is 5.02 Å². The topological polar surface area (TPSA) is 68.7 Å². The summed E-state index contributed by atoms with van der Waals surface area (Å²) in [6.07, 6.45) is 1.16. The van der Waals surface area contributed by atoms with Crippen molar-refractivity contribution in [3.05, 3.63) is 39.4 Å². The molecular formula is C22H27ClN2O4S2. The Hall–Kier alpha value is -1.77. The Morgan fingerprint density at radius 2 is 2.06 bits per heavy atom. The van der Waals surface area contributed by atoms with Crippen LogP contribution in [0.4, 0.5) is 0 Å². The lowest BCUT2D eigenvalue weighted by Crippen LogP contribution is -2.38. The molecule has 1 aliphatic rings. The molecule has 3 rings (SSSR count). The van der Waals surface area contributed by atoms with E-state index in [0.717, 1.165) is 27.6 Å². The van der Waals surface area contributed by atoms with Crippen molar-refractivity contribution in [2.24, 2.45) is 0 Å². The third-order valence-corrected chi connectivity index (χ3v) is 7.11. The molecule has 0 spiro atoms. The van der Waals surface area contributed by atoms with E-state index in [1.165, 1.54) is 23.1 Å². The number of hydrogen-bond donors (Lipinski definition) is 0. The van der Waals surface area contributed by atoms with E-state index >= 15 is 0 Å². The number of hydrogen-bond acceptors (Lipinski definition) is 7. The Morgan fingerprint density at radius 1 is 1.35 bits per heavy atom. The van der Waals surface area contributed by atoms with Gasteiger partial charge in [0, 0.05) is 29.1 Å². The zero-order chi connectivity index (χ0) is 22.5. The van der Waals surface area contributed by atoms with Gasteiger partial charge in [0.05, 0.1) is 12.1 Å². The van der Waals surface area contributed by atoms with Crippen LogP contribution in [0.5, 0.6) is 5.75 Å². The third-order valence-electron chi connectivity index (χ3n) is 4.89. The summed E-state index contributed by atoms with van der Waals surface area (Å²) in [4.78, 5) is 30.5. The molecule has 2 heterocycles. The van der Waals surface area contributed by atoms with E-state index in [4.69, 9.17) is 21.1 Å². The number of amides is 1. The number of thiazole rings is 1. The number of esters is 1. The highest BCUT2D eigenvalue weighted by molar-refractivity contribution is 8.01. The van der Waals surface area contributed by atoms with Crippen LogP contribution in [0, 0.1) is 13.8 Å². The first-order valence-corrected chi connectivity index (χ1v) is 12.5. The van der Waals surface area contributed by atoms with Crippen LogP contribution >= 0.6 is 34.7 Å². The van der Waals surface area contributed by atoms with Crippen LogP contribution in [-0.2, 0) is 9.53 Å². The molecule has 2 aromatic rings. The van der Waals surface area contributed by atoms with Gasteiger partial charge in [0.1, 0.15) is 12.4 Å². The number of carbonyl (C=O) groups is 2. The Morgan fingerprint density at radius 3 is 2.74 bits per heavy atom. The molecule has 1 aromatic carbocycles. The standard InChI is InChI=1S/C22H27ClN2O4S2/c1-13(2)29-21(27)18-12-31-22(24-18)30-8-7-25-17(5-6-19(25)26)11-28-20-14(3)9-16(23)10-15(20)4/h9-10,12-13,17H,5-8,11H2,1-4H3/t17-/m1/s1. The van der Waals surface area contributed by atoms with Gasteiger partial charge in [-0.1, -0.05) is 23.4 Å². The predicted octanol–water partition coefficient (Wildman–Crippen LogP) is 5.14. The van der Waals surface area contributed by atoms with Crippen LogP contribution in [0.15, 0.2) is 21.9 Å². The highest BCUT2D eigenvalue weighted by Crippen LogP contribution is 2.29. The van der Waals surface area contributed by atoms with Crippen LogP contribution in [-0.4, -0.2) is 52.8 Å². The summed E-state index contributed by atoms with van der Waals surface area (Å²) in [6.45, 7) is 8.64. The number of likely N-dealkylation sites (tertiary alicyclic amines) is 1. The minimum atomic E-state index is -0.405. The summed E-state index contributed by atoms with van der Waals surface area (Å²) in [5.41, 5.74) is 2.32. The Kier molecular flexibility index (Phi) is 8.24. The van der Waals surface area contributed by atoms with Gasteiger partial charge in [-0.3, -0.25) is 4.79 Å². The molecule has 0 saturated carbocycles. The molecule has 0 aliphatic carbocycles. The van der Waals surface area contributed by atoms with Crippen molar-refractivity contribution in [2.45, 2.75) is 57.0 Å². The average Bonchev–Trinajstić information content (AvgIpc) is 3.28. The number of thioether (sulfide) groups is 1. The lowest BCUT2D eigenvalue weighted by atomic mass is 10.1. The highest BCUT2D eigenvalue weighted by atomic mass is 35.5. The number of halogens is 1. The zero-order valence-electron chi connectivity index (χ0n) is 18.1. The average molecular weight is 483 g/mol. The number of nitrogens with zero attached hydrogens (tertiary/aromatic N) is 2. The van der Waals surface area contributed by atoms with Crippen molar-refractivity contribution >= 4 is 46.6 Å². The third kappa shape index (κ3) is 6.37. The maximum Gasteiger partial charge on any atom is 0.358 e. The van der Waals surface area contributed by atoms with E-state index in [1.54, 1.807) is 5.38 Å². The van der Waals surface area contributed by atoms with Gasteiger partial charge >= 0.3 is 5.97 Å². The molecule has 0 unspecified atom stereocenters. The fourth-order valence-electron chi connectivity index (χ4n) is 3.50. The molecule has 0 N–H and O–H groups in total. The summed E-state index contributed by atoms with van der Waals surface area (Å²) in [6, 6.07) is 3.82. The van der Waals surface area contributed by atoms with E-state index in [9.17, 15) is 9.59 Å².